The van der Waals surface area contributed by atoms with Crippen LogP contribution in [0.25, 0.3) is 0 Å². The van der Waals surface area contributed by atoms with Crippen molar-refractivity contribution in [3.05, 3.63) is 93.0 Å². The number of amides is 1. The van der Waals surface area contributed by atoms with Crippen LogP contribution in [0.5, 0.6) is 11.5 Å². The SMILES string of the molecule is O=C(NN1CCCCCC1)c1cc2c(cc1F)OC(c1ccc(F)cc1)(c1ccc(Cl)cc1Cl)O2. The molecule has 9 heteroatoms. The number of halogens is 4. The van der Waals surface area contributed by atoms with Gasteiger partial charge in [-0.3, -0.25) is 10.2 Å². The molecule has 0 aliphatic carbocycles. The first kappa shape index (κ1) is 23.9. The van der Waals surface area contributed by atoms with Gasteiger partial charge in [0.25, 0.3) is 5.91 Å². The van der Waals surface area contributed by atoms with Gasteiger partial charge >= 0.3 is 5.79 Å². The lowest BCUT2D eigenvalue weighted by Crippen LogP contribution is -2.43. The molecule has 1 unspecified atom stereocenters. The summed E-state index contributed by atoms with van der Waals surface area (Å²) in [7, 11) is 0. The number of carbonyl (C=O) groups excluding carboxylic acids is 1. The minimum Gasteiger partial charge on any atom is -0.440 e. The summed E-state index contributed by atoms with van der Waals surface area (Å²) in [4.78, 5) is 12.9. The zero-order valence-electron chi connectivity index (χ0n) is 18.6. The van der Waals surface area contributed by atoms with E-state index in [1.165, 1.54) is 36.4 Å². The second-order valence-electron chi connectivity index (χ2n) is 8.57. The summed E-state index contributed by atoms with van der Waals surface area (Å²) < 4.78 is 41.2. The Morgan fingerprint density at radius 2 is 1.54 bits per heavy atom. The molecule has 35 heavy (non-hydrogen) atoms. The van der Waals surface area contributed by atoms with Crippen molar-refractivity contribution in [1.82, 2.24) is 10.4 Å². The number of hydrogen-bond acceptors (Lipinski definition) is 4. The van der Waals surface area contributed by atoms with Crippen molar-refractivity contribution in [3.8, 4) is 11.5 Å². The van der Waals surface area contributed by atoms with Crippen LogP contribution in [0, 0.1) is 11.6 Å². The molecule has 0 spiro atoms. The molecule has 1 fully saturated rings. The highest BCUT2D eigenvalue weighted by Crippen LogP contribution is 2.50. The van der Waals surface area contributed by atoms with E-state index < -0.39 is 23.3 Å². The lowest BCUT2D eigenvalue weighted by Gasteiger charge is -2.29. The maximum Gasteiger partial charge on any atom is 0.307 e. The highest BCUT2D eigenvalue weighted by molar-refractivity contribution is 6.35. The third-order valence-electron chi connectivity index (χ3n) is 6.16. The quantitative estimate of drug-likeness (QED) is 0.430. The largest absolute Gasteiger partial charge is 0.440 e. The maximum absolute atomic E-state index is 15.1. The van der Waals surface area contributed by atoms with E-state index >= 15 is 4.39 Å². The third kappa shape index (κ3) is 4.68. The molecule has 1 saturated heterocycles. The molecule has 2 aliphatic rings. The molecule has 0 saturated carbocycles. The molecule has 5 rings (SSSR count). The number of nitrogens with zero attached hydrogens (tertiary/aromatic N) is 1. The second kappa shape index (κ2) is 9.64. The summed E-state index contributed by atoms with van der Waals surface area (Å²) in [6, 6.07) is 12.7. The van der Waals surface area contributed by atoms with Crippen LogP contribution in [0.3, 0.4) is 0 Å². The van der Waals surface area contributed by atoms with Gasteiger partial charge in [0.15, 0.2) is 11.5 Å². The molecule has 0 bridgehead atoms. The van der Waals surface area contributed by atoms with Gasteiger partial charge in [-0.25, -0.2) is 13.8 Å². The summed E-state index contributed by atoms with van der Waals surface area (Å²) in [6.07, 6.45) is 4.13. The minimum absolute atomic E-state index is 0.0872. The van der Waals surface area contributed by atoms with Crippen LogP contribution in [-0.2, 0) is 5.79 Å². The molecular formula is C26H22Cl2F2N2O3. The van der Waals surface area contributed by atoms with E-state index in [1.54, 1.807) is 12.1 Å². The predicted octanol–water partition coefficient (Wildman–Crippen LogP) is 6.46. The van der Waals surface area contributed by atoms with Gasteiger partial charge in [0.2, 0.25) is 0 Å². The number of ether oxygens (including phenoxy) is 2. The highest BCUT2D eigenvalue weighted by Gasteiger charge is 2.47. The minimum atomic E-state index is -1.63. The van der Waals surface area contributed by atoms with E-state index in [-0.39, 0.29) is 22.1 Å². The van der Waals surface area contributed by atoms with Crippen molar-refractivity contribution >= 4 is 29.1 Å². The number of fused-ring (bicyclic) bond motifs is 1. The Kier molecular flexibility index (Phi) is 6.57. The zero-order chi connectivity index (χ0) is 24.6. The summed E-state index contributed by atoms with van der Waals surface area (Å²) in [6.45, 7) is 1.42. The predicted molar refractivity (Wildman–Crippen MR) is 129 cm³/mol. The molecule has 1 amide bonds. The standard InChI is InChI=1S/C26H22Cl2F2N2O3/c27-17-7-10-20(21(28)13-17)26(16-5-8-18(29)9-6-16)34-23-14-19(22(30)15-24(23)35-26)25(33)31-32-11-3-1-2-4-12-32/h5-10,13-15H,1-4,11-12H2,(H,31,33). The van der Waals surface area contributed by atoms with Crippen molar-refractivity contribution in [3.63, 3.8) is 0 Å². The Balaban J connectivity index is 1.52. The topological polar surface area (TPSA) is 50.8 Å². The normalized spacial score (nSPS) is 19.9. The molecule has 1 atom stereocenters. The first-order chi connectivity index (χ1) is 16.9. The van der Waals surface area contributed by atoms with Crippen LogP contribution in [-0.4, -0.2) is 24.0 Å². The van der Waals surface area contributed by atoms with E-state index in [9.17, 15) is 9.18 Å². The molecule has 0 aromatic heterocycles. The number of carbonyl (C=O) groups is 1. The summed E-state index contributed by atoms with van der Waals surface area (Å²) in [5.41, 5.74) is 3.44. The molecule has 3 aromatic rings. The summed E-state index contributed by atoms with van der Waals surface area (Å²) >= 11 is 12.6. The number of rotatable bonds is 4. The molecule has 1 N–H and O–H groups in total. The van der Waals surface area contributed by atoms with Crippen molar-refractivity contribution in [2.75, 3.05) is 13.1 Å². The van der Waals surface area contributed by atoms with Crippen LogP contribution in [0.15, 0.2) is 54.6 Å². The van der Waals surface area contributed by atoms with Crippen molar-refractivity contribution in [2.24, 2.45) is 0 Å². The molecule has 0 radical (unpaired) electrons. The van der Waals surface area contributed by atoms with Gasteiger partial charge in [-0.1, -0.05) is 36.0 Å². The Hall–Kier alpha value is -2.87. The first-order valence-corrected chi connectivity index (χ1v) is 12.1. The van der Waals surface area contributed by atoms with E-state index in [0.717, 1.165) is 31.7 Å². The van der Waals surface area contributed by atoms with Gasteiger partial charge in [0, 0.05) is 29.7 Å². The lowest BCUT2D eigenvalue weighted by molar-refractivity contribution is -0.0459. The van der Waals surface area contributed by atoms with Gasteiger partial charge in [-0.05, 0) is 61.4 Å². The average molecular weight is 519 g/mol. The van der Waals surface area contributed by atoms with Crippen molar-refractivity contribution < 1.29 is 23.0 Å². The first-order valence-electron chi connectivity index (χ1n) is 11.3. The smallest absolute Gasteiger partial charge is 0.307 e. The lowest BCUT2D eigenvalue weighted by atomic mass is 9.97. The van der Waals surface area contributed by atoms with Gasteiger partial charge < -0.3 is 9.47 Å². The fourth-order valence-corrected chi connectivity index (χ4v) is 4.93. The molecular weight excluding hydrogens is 497 g/mol. The molecule has 2 aliphatic heterocycles. The highest BCUT2D eigenvalue weighted by atomic mass is 35.5. The van der Waals surface area contributed by atoms with Crippen LogP contribution >= 0.6 is 23.2 Å². The fraction of sp³-hybridized carbons (Fsp3) is 0.269. The molecule has 5 nitrogen and oxygen atoms in total. The van der Waals surface area contributed by atoms with Crippen molar-refractivity contribution in [2.45, 2.75) is 31.5 Å². The van der Waals surface area contributed by atoms with Crippen molar-refractivity contribution in [1.29, 1.82) is 0 Å². The van der Waals surface area contributed by atoms with Crippen LogP contribution in [0.2, 0.25) is 10.0 Å². The van der Waals surface area contributed by atoms with Gasteiger partial charge in [-0.2, -0.15) is 0 Å². The Labute approximate surface area is 211 Å². The fourth-order valence-electron chi connectivity index (χ4n) is 4.39. The third-order valence-corrected chi connectivity index (χ3v) is 6.71. The Morgan fingerprint density at radius 1 is 0.886 bits per heavy atom. The molecule has 182 valence electrons. The molecule has 3 aromatic carbocycles. The Bertz CT molecular complexity index is 1260. The van der Waals surface area contributed by atoms with Crippen LogP contribution in [0.4, 0.5) is 8.78 Å². The van der Waals surface area contributed by atoms with E-state index in [1.807, 2.05) is 5.01 Å². The van der Waals surface area contributed by atoms with Gasteiger partial charge in [0.05, 0.1) is 16.1 Å². The van der Waals surface area contributed by atoms with Crippen LogP contribution < -0.4 is 14.9 Å². The zero-order valence-corrected chi connectivity index (χ0v) is 20.1. The number of nitrogens with one attached hydrogen (secondary N) is 1. The molecule has 2 heterocycles. The van der Waals surface area contributed by atoms with E-state index in [2.05, 4.69) is 5.43 Å². The summed E-state index contributed by atoms with van der Waals surface area (Å²) in [5.74, 6) is -3.16. The van der Waals surface area contributed by atoms with E-state index in [4.69, 9.17) is 32.7 Å². The van der Waals surface area contributed by atoms with E-state index in [0.29, 0.717) is 29.2 Å². The monoisotopic (exact) mass is 518 g/mol. The average Bonchev–Trinajstić information content (AvgIpc) is 3.00. The Morgan fingerprint density at radius 3 is 2.20 bits per heavy atom. The number of benzene rings is 3. The van der Waals surface area contributed by atoms with Gasteiger partial charge in [0.1, 0.15) is 11.6 Å². The maximum atomic E-state index is 15.1. The second-order valence-corrected chi connectivity index (χ2v) is 9.42. The number of hydrazine groups is 1. The van der Waals surface area contributed by atoms with Gasteiger partial charge in [-0.15, -0.1) is 0 Å². The number of hydrogen-bond donors (Lipinski definition) is 1. The van der Waals surface area contributed by atoms with Crippen LogP contribution in [0.1, 0.15) is 47.2 Å². The summed E-state index contributed by atoms with van der Waals surface area (Å²) in [5, 5.41) is 2.46.